The Kier molecular flexibility index (Phi) is 5.70. The van der Waals surface area contributed by atoms with Gasteiger partial charge in [0.05, 0.1) is 6.10 Å². The van der Waals surface area contributed by atoms with Crippen molar-refractivity contribution < 1.29 is 28.3 Å². The molecule has 1 unspecified atom stereocenters. The molecule has 5 aliphatic rings. The van der Waals surface area contributed by atoms with Crippen LogP contribution in [-0.4, -0.2) is 51.2 Å². The Morgan fingerprint density at radius 2 is 1.95 bits per heavy atom. The van der Waals surface area contributed by atoms with Gasteiger partial charge in [-0.05, 0) is 67.5 Å². The molecular weight excluding hydrogens is 520 g/mol. The summed E-state index contributed by atoms with van der Waals surface area (Å²) in [6.07, 6.45) is 1.12. The molecule has 4 fully saturated rings. The van der Waals surface area contributed by atoms with Gasteiger partial charge < -0.3 is 5.11 Å². The molecule has 1 N–H and O–H groups in total. The number of halogens is 3. The molecule has 0 aromatic heterocycles. The Hall–Kier alpha value is -1.58. The third-order valence-electron chi connectivity index (χ3n) is 10.3. The van der Waals surface area contributed by atoms with Crippen molar-refractivity contribution in [3.8, 4) is 0 Å². The summed E-state index contributed by atoms with van der Waals surface area (Å²) in [5.41, 5.74) is -4.93. The Bertz CT molecular complexity index is 1240. The van der Waals surface area contributed by atoms with E-state index in [1.54, 1.807) is 24.1 Å². The number of aliphatic hydroxyl groups is 1. The zero-order chi connectivity index (χ0) is 26.5. The van der Waals surface area contributed by atoms with Crippen LogP contribution in [-0.2, 0) is 21.0 Å². The number of alkyl halides is 2. The minimum atomic E-state index is -2.19. The van der Waals surface area contributed by atoms with Gasteiger partial charge in [0, 0.05) is 40.8 Å². The molecule has 1 aliphatic heterocycles. The third-order valence-corrected chi connectivity index (χ3v) is 10.9. The van der Waals surface area contributed by atoms with E-state index in [0.717, 1.165) is 5.56 Å². The van der Waals surface area contributed by atoms with Crippen molar-refractivity contribution in [3.63, 3.8) is 0 Å². The predicted molar refractivity (Wildman–Crippen MR) is 137 cm³/mol. The summed E-state index contributed by atoms with van der Waals surface area (Å²) in [6.45, 7) is 4.29. The summed E-state index contributed by atoms with van der Waals surface area (Å²) in [7, 11) is 0. The number of carbonyl (C=O) groups is 2. The van der Waals surface area contributed by atoms with Gasteiger partial charge in [0.1, 0.15) is 6.17 Å². The summed E-state index contributed by atoms with van der Waals surface area (Å²) in [5, 5.41) is 13.4. The van der Waals surface area contributed by atoms with E-state index in [-0.39, 0.29) is 30.1 Å². The lowest BCUT2D eigenvalue weighted by Crippen LogP contribution is -2.70. The first-order valence-electron chi connectivity index (χ1n) is 12.7. The van der Waals surface area contributed by atoms with Crippen molar-refractivity contribution in [2.75, 3.05) is 6.54 Å². The number of hydroxylamine groups is 2. The summed E-state index contributed by atoms with van der Waals surface area (Å²) in [5.74, 6) is -1.95. The van der Waals surface area contributed by atoms with E-state index in [9.17, 15) is 14.7 Å². The molecule has 5 nitrogen and oxygen atoms in total. The second-order valence-corrected chi connectivity index (χ2v) is 12.7. The van der Waals surface area contributed by atoms with Crippen molar-refractivity contribution in [2.45, 2.75) is 63.2 Å². The molecule has 6 rings (SSSR count). The average Bonchev–Trinajstić information content (AvgIpc) is 3.31. The van der Waals surface area contributed by atoms with Gasteiger partial charge in [-0.1, -0.05) is 36.7 Å². The van der Waals surface area contributed by atoms with Crippen LogP contribution in [0.15, 0.2) is 48.1 Å². The fourth-order valence-corrected chi connectivity index (χ4v) is 9.18. The van der Waals surface area contributed by atoms with E-state index in [1.807, 2.05) is 19.1 Å². The molecule has 37 heavy (non-hydrogen) atoms. The van der Waals surface area contributed by atoms with E-state index in [4.69, 9.17) is 16.4 Å². The number of rotatable bonds is 3. The maximum Gasteiger partial charge on any atom is 0.220 e. The lowest BCUT2D eigenvalue weighted by Gasteiger charge is -2.63. The lowest BCUT2D eigenvalue weighted by molar-refractivity contribution is -0.266. The number of carbonyl (C=O) groups excluding carboxylic acids is 2. The number of hydrogen-bond acceptors (Lipinski definition) is 5. The average molecular weight is 550 g/mol. The van der Waals surface area contributed by atoms with Gasteiger partial charge in [0.2, 0.25) is 5.12 Å². The van der Waals surface area contributed by atoms with Crippen LogP contribution in [0.2, 0.25) is 5.02 Å². The fourth-order valence-electron chi connectivity index (χ4n) is 8.57. The molecule has 0 radical (unpaired) electrons. The number of hydrogen-bond donors (Lipinski definition) is 2. The molecule has 1 saturated heterocycles. The predicted octanol–water partition coefficient (Wildman–Crippen LogP) is 4.83. The van der Waals surface area contributed by atoms with E-state index in [2.05, 4.69) is 12.6 Å². The molecule has 1 aromatic carbocycles. The SMILES string of the molecule is C[C@]12C=CC(=O)C=C1[C@@H](F)C[C@H]1C3C[C@H]4CN(Cc5ccc(Cl)cc5)O[C@@]4(C(=O)S)[C@@]3(C)C[C@H](O)[C@@]12F. The van der Waals surface area contributed by atoms with Crippen LogP contribution >= 0.6 is 24.2 Å². The number of ketones is 1. The van der Waals surface area contributed by atoms with Gasteiger partial charge in [-0.3, -0.25) is 14.4 Å². The first-order valence-corrected chi connectivity index (χ1v) is 13.6. The molecule has 9 atom stereocenters. The summed E-state index contributed by atoms with van der Waals surface area (Å²) in [6, 6.07) is 7.35. The van der Waals surface area contributed by atoms with Crippen molar-refractivity contribution in [1.82, 2.24) is 5.06 Å². The largest absolute Gasteiger partial charge is 0.390 e. The first kappa shape index (κ1) is 25.7. The van der Waals surface area contributed by atoms with Crippen LogP contribution in [0, 0.1) is 28.6 Å². The Morgan fingerprint density at radius 1 is 1.24 bits per heavy atom. The van der Waals surface area contributed by atoms with Crippen LogP contribution in [0.3, 0.4) is 0 Å². The van der Waals surface area contributed by atoms with Crippen LogP contribution in [0.25, 0.3) is 0 Å². The summed E-state index contributed by atoms with van der Waals surface area (Å²) >= 11 is 10.3. The highest BCUT2D eigenvalue weighted by Crippen LogP contribution is 2.72. The van der Waals surface area contributed by atoms with Gasteiger partial charge in [-0.25, -0.2) is 8.78 Å². The topological polar surface area (TPSA) is 66.8 Å². The Balaban J connectivity index is 1.38. The molecule has 0 bridgehead atoms. The van der Waals surface area contributed by atoms with E-state index >= 15 is 8.78 Å². The molecule has 0 amide bonds. The lowest BCUT2D eigenvalue weighted by atomic mass is 9.44. The second kappa shape index (κ2) is 8.21. The zero-order valence-corrected chi connectivity index (χ0v) is 22.3. The van der Waals surface area contributed by atoms with Crippen LogP contribution in [0.1, 0.15) is 38.7 Å². The number of fused-ring (bicyclic) bond motifs is 7. The molecule has 3 saturated carbocycles. The molecule has 9 heteroatoms. The highest BCUT2D eigenvalue weighted by Gasteiger charge is 2.79. The normalized spacial score (nSPS) is 46.6. The highest BCUT2D eigenvalue weighted by atomic mass is 35.5. The van der Waals surface area contributed by atoms with Crippen LogP contribution < -0.4 is 0 Å². The number of allylic oxidation sites excluding steroid dienone is 4. The standard InChI is InChI=1S/C28H30ClF2NO4S/c1-25-8-7-18(33)10-21(25)22(30)11-20-19-9-16-14-32(13-15-3-5-17(29)6-4-15)36-28(16,24(35)37)26(19,2)12-23(34)27(20,25)31/h3-8,10,16,19-20,22-23,34H,9,11-14H2,1-2H3,(H,35,37)/t16-,19?,20-,22-,23-,25-,26-,27-,28-/m0/s1. The van der Waals surface area contributed by atoms with Gasteiger partial charge in [0.15, 0.2) is 17.1 Å². The Labute approximate surface area is 225 Å². The van der Waals surface area contributed by atoms with Crippen molar-refractivity contribution in [2.24, 2.45) is 28.6 Å². The van der Waals surface area contributed by atoms with Gasteiger partial charge >= 0.3 is 0 Å². The van der Waals surface area contributed by atoms with E-state index in [0.29, 0.717) is 24.5 Å². The highest BCUT2D eigenvalue weighted by molar-refractivity contribution is 7.96. The molecule has 198 valence electrons. The molecule has 1 heterocycles. The van der Waals surface area contributed by atoms with Gasteiger partial charge in [0.25, 0.3) is 0 Å². The number of thiol groups is 1. The third kappa shape index (κ3) is 3.19. The van der Waals surface area contributed by atoms with Gasteiger partial charge in [-0.15, -0.1) is 12.6 Å². The number of nitrogens with zero attached hydrogens (tertiary/aromatic N) is 1. The van der Waals surface area contributed by atoms with E-state index < -0.39 is 51.3 Å². The minimum absolute atomic E-state index is 0.0378. The first-order chi connectivity index (χ1) is 17.4. The fraction of sp³-hybridized carbons (Fsp3) is 0.571. The second-order valence-electron chi connectivity index (χ2n) is 11.9. The smallest absolute Gasteiger partial charge is 0.220 e. The number of aliphatic hydroxyl groups excluding tert-OH is 1. The molecule has 4 aliphatic carbocycles. The van der Waals surface area contributed by atoms with Crippen LogP contribution in [0.4, 0.5) is 8.78 Å². The maximum absolute atomic E-state index is 17.4. The molecule has 0 spiro atoms. The number of benzene rings is 1. The quantitative estimate of drug-likeness (QED) is 0.529. The van der Waals surface area contributed by atoms with E-state index in [1.165, 1.54) is 18.2 Å². The summed E-state index contributed by atoms with van der Waals surface area (Å²) < 4.78 is 33.0. The minimum Gasteiger partial charge on any atom is -0.390 e. The maximum atomic E-state index is 17.4. The Morgan fingerprint density at radius 3 is 2.62 bits per heavy atom. The molecule has 1 aromatic rings. The van der Waals surface area contributed by atoms with Crippen LogP contribution in [0.5, 0.6) is 0 Å². The molecular formula is C28H30ClF2NO4S. The van der Waals surface area contributed by atoms with Crippen molar-refractivity contribution in [3.05, 3.63) is 58.7 Å². The zero-order valence-electron chi connectivity index (χ0n) is 20.7. The monoisotopic (exact) mass is 549 g/mol. The van der Waals surface area contributed by atoms with Crippen molar-refractivity contribution >= 4 is 35.1 Å². The van der Waals surface area contributed by atoms with Gasteiger partial charge in [-0.2, -0.15) is 5.06 Å². The van der Waals surface area contributed by atoms with Crippen molar-refractivity contribution in [1.29, 1.82) is 0 Å². The summed E-state index contributed by atoms with van der Waals surface area (Å²) in [4.78, 5) is 31.8.